The van der Waals surface area contributed by atoms with E-state index < -0.39 is 15.9 Å². The maximum atomic E-state index is 13.1. The van der Waals surface area contributed by atoms with Crippen LogP contribution in [0.3, 0.4) is 0 Å². The Balaban J connectivity index is 1.84. The minimum absolute atomic E-state index is 0.0439. The van der Waals surface area contributed by atoms with Crippen LogP contribution in [0.2, 0.25) is 5.02 Å². The zero-order chi connectivity index (χ0) is 23.5. The molecule has 0 saturated heterocycles. The summed E-state index contributed by atoms with van der Waals surface area (Å²) in [7, 11) is 0.544. The fourth-order valence-corrected chi connectivity index (χ4v) is 4.44. The third kappa shape index (κ3) is 4.66. The molecule has 0 aliphatic rings. The Kier molecular flexibility index (Phi) is 6.96. The molecular formula is C23H23ClN2O5S. The summed E-state index contributed by atoms with van der Waals surface area (Å²) in [6, 6.07) is 15.8. The Morgan fingerprint density at radius 2 is 1.59 bits per heavy atom. The van der Waals surface area contributed by atoms with Gasteiger partial charge in [0, 0.05) is 23.7 Å². The molecule has 0 spiro atoms. The second-order valence-electron chi connectivity index (χ2n) is 6.92. The van der Waals surface area contributed by atoms with Crippen molar-refractivity contribution in [3.63, 3.8) is 0 Å². The lowest BCUT2D eigenvalue weighted by Crippen LogP contribution is -2.27. The normalized spacial score (nSPS) is 11.0. The van der Waals surface area contributed by atoms with Crippen LogP contribution in [-0.2, 0) is 10.0 Å². The molecule has 0 atom stereocenters. The van der Waals surface area contributed by atoms with E-state index >= 15 is 0 Å². The van der Waals surface area contributed by atoms with Gasteiger partial charge in [-0.1, -0.05) is 23.7 Å². The molecule has 168 valence electrons. The second kappa shape index (κ2) is 9.50. The van der Waals surface area contributed by atoms with Gasteiger partial charge in [0.05, 0.1) is 30.5 Å². The molecule has 0 aliphatic heterocycles. The van der Waals surface area contributed by atoms with Gasteiger partial charge in [-0.15, -0.1) is 0 Å². The number of benzene rings is 3. The lowest BCUT2D eigenvalue weighted by molar-refractivity contribution is 0.102. The maximum absolute atomic E-state index is 13.1. The summed E-state index contributed by atoms with van der Waals surface area (Å²) in [5.74, 6) is 0.445. The summed E-state index contributed by atoms with van der Waals surface area (Å²) < 4.78 is 37.8. The Bertz CT molecular complexity index is 1240. The summed E-state index contributed by atoms with van der Waals surface area (Å²) in [6.07, 6.45) is 0. The molecule has 3 aromatic rings. The first-order chi connectivity index (χ1) is 15.2. The van der Waals surface area contributed by atoms with Gasteiger partial charge in [-0.2, -0.15) is 0 Å². The number of ether oxygens (including phenoxy) is 2. The van der Waals surface area contributed by atoms with E-state index in [1.807, 2.05) is 6.92 Å². The molecule has 1 amide bonds. The second-order valence-corrected chi connectivity index (χ2v) is 9.30. The van der Waals surface area contributed by atoms with Gasteiger partial charge in [0.1, 0.15) is 11.5 Å². The van der Waals surface area contributed by atoms with E-state index in [-0.39, 0.29) is 4.90 Å². The molecule has 1 N–H and O–H groups in total. The molecule has 0 aliphatic carbocycles. The van der Waals surface area contributed by atoms with Crippen molar-refractivity contribution in [2.24, 2.45) is 0 Å². The van der Waals surface area contributed by atoms with Crippen LogP contribution >= 0.6 is 11.6 Å². The number of nitrogens with one attached hydrogen (secondary N) is 1. The summed E-state index contributed by atoms with van der Waals surface area (Å²) in [4.78, 5) is 12.7. The van der Waals surface area contributed by atoms with Gasteiger partial charge in [0.25, 0.3) is 15.9 Å². The number of halogens is 1. The number of hydrogen-bond donors (Lipinski definition) is 1. The van der Waals surface area contributed by atoms with Gasteiger partial charge in [-0.05, 0) is 55.0 Å². The first kappa shape index (κ1) is 23.4. The molecule has 0 saturated carbocycles. The third-order valence-electron chi connectivity index (χ3n) is 4.93. The first-order valence-electron chi connectivity index (χ1n) is 9.56. The van der Waals surface area contributed by atoms with Crippen LogP contribution in [0, 0.1) is 6.92 Å². The van der Waals surface area contributed by atoms with E-state index in [1.165, 1.54) is 45.5 Å². The Morgan fingerprint density at radius 3 is 2.22 bits per heavy atom. The zero-order valence-electron chi connectivity index (χ0n) is 18.0. The molecule has 32 heavy (non-hydrogen) atoms. The summed E-state index contributed by atoms with van der Waals surface area (Å²) >= 11 is 6.11. The van der Waals surface area contributed by atoms with Crippen LogP contribution in [0.25, 0.3) is 0 Å². The number of nitrogens with zero attached hydrogens (tertiary/aromatic N) is 1. The highest BCUT2D eigenvalue weighted by molar-refractivity contribution is 7.92. The predicted molar refractivity (Wildman–Crippen MR) is 126 cm³/mol. The minimum atomic E-state index is -3.86. The molecule has 0 bridgehead atoms. The summed E-state index contributed by atoms with van der Waals surface area (Å²) in [5, 5.41) is 3.29. The smallest absolute Gasteiger partial charge is 0.264 e. The minimum Gasteiger partial charge on any atom is -0.495 e. The number of carbonyl (C=O) groups excluding carboxylic acids is 1. The van der Waals surface area contributed by atoms with E-state index in [1.54, 1.807) is 36.4 Å². The van der Waals surface area contributed by atoms with Crippen LogP contribution in [-0.4, -0.2) is 35.6 Å². The standard InChI is InChI=1S/C23H23ClN2O5S/c1-15-13-19(22(31-4)14-18(15)24)25-23(27)16-9-11-17(12-10-16)32(28,29)26(2)20-7-5-6-8-21(20)30-3/h5-14H,1-4H3,(H,25,27). The highest BCUT2D eigenvalue weighted by atomic mass is 35.5. The predicted octanol–water partition coefficient (Wildman–Crippen LogP) is 4.74. The number of para-hydroxylation sites is 2. The molecule has 3 aromatic carbocycles. The van der Waals surface area contributed by atoms with E-state index in [9.17, 15) is 13.2 Å². The highest BCUT2D eigenvalue weighted by Crippen LogP contribution is 2.32. The van der Waals surface area contributed by atoms with Crippen LogP contribution in [0.1, 0.15) is 15.9 Å². The number of methoxy groups -OCH3 is 2. The lowest BCUT2D eigenvalue weighted by atomic mass is 10.1. The molecule has 3 rings (SSSR count). The largest absolute Gasteiger partial charge is 0.495 e. The van der Waals surface area contributed by atoms with Gasteiger partial charge in [0.2, 0.25) is 0 Å². The van der Waals surface area contributed by atoms with Crippen LogP contribution in [0.15, 0.2) is 65.6 Å². The number of sulfonamides is 1. The Labute approximate surface area is 192 Å². The number of carbonyl (C=O) groups is 1. The molecular weight excluding hydrogens is 452 g/mol. The van der Waals surface area contributed by atoms with Gasteiger partial charge in [0.15, 0.2) is 0 Å². The van der Waals surface area contributed by atoms with Crippen molar-refractivity contribution in [1.82, 2.24) is 0 Å². The topological polar surface area (TPSA) is 84.9 Å². The SMILES string of the molecule is COc1cc(Cl)c(C)cc1NC(=O)c1ccc(S(=O)(=O)N(C)c2ccccc2OC)cc1. The molecule has 7 nitrogen and oxygen atoms in total. The van der Waals surface area contributed by atoms with Crippen molar-refractivity contribution in [2.45, 2.75) is 11.8 Å². The molecule has 0 aromatic heterocycles. The lowest BCUT2D eigenvalue weighted by Gasteiger charge is -2.21. The number of anilines is 2. The van der Waals surface area contributed by atoms with Crippen molar-refractivity contribution >= 4 is 38.9 Å². The van der Waals surface area contributed by atoms with Crippen molar-refractivity contribution in [3.8, 4) is 11.5 Å². The van der Waals surface area contributed by atoms with Gasteiger partial charge < -0.3 is 14.8 Å². The van der Waals surface area contributed by atoms with Crippen molar-refractivity contribution in [3.05, 3.63) is 76.8 Å². The monoisotopic (exact) mass is 474 g/mol. The maximum Gasteiger partial charge on any atom is 0.264 e. The molecule has 0 radical (unpaired) electrons. The Morgan fingerprint density at radius 1 is 0.969 bits per heavy atom. The average molecular weight is 475 g/mol. The molecule has 9 heteroatoms. The fraction of sp³-hybridized carbons (Fsp3) is 0.174. The van der Waals surface area contributed by atoms with E-state index in [0.29, 0.717) is 33.5 Å². The van der Waals surface area contributed by atoms with Gasteiger partial charge in [-0.25, -0.2) is 8.42 Å². The molecule has 0 heterocycles. The van der Waals surface area contributed by atoms with E-state index in [2.05, 4.69) is 5.32 Å². The summed E-state index contributed by atoms with van der Waals surface area (Å²) in [6.45, 7) is 1.81. The van der Waals surface area contributed by atoms with Crippen LogP contribution in [0.5, 0.6) is 11.5 Å². The van der Waals surface area contributed by atoms with Crippen molar-refractivity contribution in [2.75, 3.05) is 30.9 Å². The van der Waals surface area contributed by atoms with E-state index in [4.69, 9.17) is 21.1 Å². The number of amides is 1. The van der Waals surface area contributed by atoms with Gasteiger partial charge in [-0.3, -0.25) is 9.10 Å². The van der Waals surface area contributed by atoms with Crippen molar-refractivity contribution < 1.29 is 22.7 Å². The van der Waals surface area contributed by atoms with Crippen LogP contribution in [0.4, 0.5) is 11.4 Å². The molecule has 0 fully saturated rings. The molecule has 0 unspecified atom stereocenters. The highest BCUT2D eigenvalue weighted by Gasteiger charge is 2.24. The quantitative estimate of drug-likeness (QED) is 0.534. The third-order valence-corrected chi connectivity index (χ3v) is 7.12. The average Bonchev–Trinajstić information content (AvgIpc) is 2.80. The van der Waals surface area contributed by atoms with Crippen LogP contribution < -0.4 is 19.1 Å². The van der Waals surface area contributed by atoms with Crippen molar-refractivity contribution in [1.29, 1.82) is 0 Å². The number of rotatable bonds is 7. The zero-order valence-corrected chi connectivity index (χ0v) is 19.6. The Hall–Kier alpha value is -3.23. The fourth-order valence-electron chi connectivity index (χ4n) is 3.08. The van der Waals surface area contributed by atoms with Gasteiger partial charge >= 0.3 is 0 Å². The van der Waals surface area contributed by atoms with E-state index in [0.717, 1.165) is 9.87 Å². The number of aryl methyl sites for hydroxylation is 1. The first-order valence-corrected chi connectivity index (χ1v) is 11.4. The summed E-state index contributed by atoms with van der Waals surface area (Å²) in [5.41, 5.74) is 1.94. The number of hydrogen-bond acceptors (Lipinski definition) is 5.